The second kappa shape index (κ2) is 6.76. The van der Waals surface area contributed by atoms with Crippen molar-refractivity contribution in [2.24, 2.45) is 5.92 Å². The summed E-state index contributed by atoms with van der Waals surface area (Å²) in [4.78, 5) is 1.42. The molecule has 1 aromatic heterocycles. The highest BCUT2D eigenvalue weighted by Crippen LogP contribution is 2.48. The summed E-state index contributed by atoms with van der Waals surface area (Å²) in [6.45, 7) is 12.1. The maximum absolute atomic E-state index is 6.32. The molecule has 1 aliphatic heterocycles. The first-order valence-corrected chi connectivity index (χ1v) is 12.3. The lowest BCUT2D eigenvalue weighted by Gasteiger charge is -2.33. The Balaban J connectivity index is 1.91. The van der Waals surface area contributed by atoms with Gasteiger partial charge in [0.25, 0.3) is 0 Å². The molecule has 1 saturated heterocycles. The Hall–Kier alpha value is -1.16. The fraction of sp³-hybridized carbons (Fsp3) is 0.400. The number of rotatable bonds is 5. The fourth-order valence-corrected chi connectivity index (χ4v) is 9.22. The van der Waals surface area contributed by atoms with Crippen LogP contribution >= 0.6 is 11.3 Å². The minimum absolute atomic E-state index is 0.215. The molecule has 2 heterocycles. The zero-order valence-electron chi connectivity index (χ0n) is 14.3. The highest BCUT2D eigenvalue weighted by molar-refractivity contribution is 7.26. The number of allylic oxidation sites excluding steroid dienone is 1. The molecule has 0 amide bonds. The Morgan fingerprint density at radius 3 is 2.57 bits per heavy atom. The third-order valence-corrected chi connectivity index (χ3v) is 11.8. The van der Waals surface area contributed by atoms with E-state index < -0.39 is 8.07 Å². The van der Waals surface area contributed by atoms with Gasteiger partial charge >= 0.3 is 0 Å². The van der Waals surface area contributed by atoms with Crippen LogP contribution in [0.3, 0.4) is 0 Å². The van der Waals surface area contributed by atoms with E-state index in [0.29, 0.717) is 11.5 Å². The Bertz CT molecular complexity index is 661. The van der Waals surface area contributed by atoms with Gasteiger partial charge in [0.2, 0.25) is 0 Å². The summed E-state index contributed by atoms with van der Waals surface area (Å²) in [5.74, 6) is 0.541. The molecule has 3 rings (SSSR count). The van der Waals surface area contributed by atoms with Crippen molar-refractivity contribution in [1.82, 2.24) is 0 Å². The second-order valence-corrected chi connectivity index (χ2v) is 13.5. The molecule has 1 aliphatic rings. The van der Waals surface area contributed by atoms with Crippen LogP contribution in [0.2, 0.25) is 18.6 Å². The fourth-order valence-electron chi connectivity index (χ4n) is 3.84. The van der Waals surface area contributed by atoms with Crippen molar-refractivity contribution < 1.29 is 4.74 Å². The molecule has 0 spiro atoms. The molecule has 0 bridgehead atoms. The van der Waals surface area contributed by atoms with Gasteiger partial charge < -0.3 is 4.74 Å². The van der Waals surface area contributed by atoms with Crippen LogP contribution in [0.4, 0.5) is 0 Å². The third-order valence-electron chi connectivity index (χ3n) is 5.23. The number of aryl methyl sites for hydroxylation is 1. The van der Waals surface area contributed by atoms with Gasteiger partial charge in [0, 0.05) is 11.5 Å². The molecule has 3 atom stereocenters. The SMILES string of the molecule is C=CC[C@H]1[C@H](c2ccccc2)OC[C@@H]1[Si](C)(C)c1ccc(C)s1. The number of hydrogen-bond acceptors (Lipinski definition) is 2. The molecule has 122 valence electrons. The van der Waals surface area contributed by atoms with Crippen LogP contribution in [0.5, 0.6) is 0 Å². The van der Waals surface area contributed by atoms with E-state index in [1.54, 1.807) is 4.50 Å². The van der Waals surface area contributed by atoms with Gasteiger partial charge in [0.05, 0.1) is 14.2 Å². The average molecular weight is 343 g/mol. The van der Waals surface area contributed by atoms with Crippen LogP contribution in [0.25, 0.3) is 0 Å². The maximum atomic E-state index is 6.32. The van der Waals surface area contributed by atoms with Crippen molar-refractivity contribution in [3.05, 3.63) is 65.6 Å². The largest absolute Gasteiger partial charge is 0.373 e. The molecule has 0 N–H and O–H groups in total. The van der Waals surface area contributed by atoms with Crippen LogP contribution in [0.15, 0.2) is 55.1 Å². The van der Waals surface area contributed by atoms with E-state index in [2.05, 4.69) is 75.1 Å². The summed E-state index contributed by atoms with van der Waals surface area (Å²) < 4.78 is 7.93. The lowest BCUT2D eigenvalue weighted by molar-refractivity contribution is 0.0913. The average Bonchev–Trinajstić information content (AvgIpc) is 3.16. The van der Waals surface area contributed by atoms with Crippen molar-refractivity contribution in [1.29, 1.82) is 0 Å². The van der Waals surface area contributed by atoms with E-state index in [9.17, 15) is 0 Å². The van der Waals surface area contributed by atoms with Gasteiger partial charge in [-0.25, -0.2) is 0 Å². The molecule has 3 heteroatoms. The highest BCUT2D eigenvalue weighted by Gasteiger charge is 2.47. The second-order valence-electron chi connectivity index (χ2n) is 7.09. The predicted molar refractivity (Wildman–Crippen MR) is 103 cm³/mol. The smallest absolute Gasteiger partial charge is 0.0991 e. The normalized spacial score (nSPS) is 24.7. The van der Waals surface area contributed by atoms with Gasteiger partial charge in [-0.1, -0.05) is 55.6 Å². The van der Waals surface area contributed by atoms with E-state index in [-0.39, 0.29) is 6.10 Å². The molecule has 1 aromatic carbocycles. The highest BCUT2D eigenvalue weighted by atomic mass is 32.1. The van der Waals surface area contributed by atoms with Gasteiger partial charge in [0.15, 0.2) is 0 Å². The van der Waals surface area contributed by atoms with E-state index in [1.165, 1.54) is 10.4 Å². The first-order valence-electron chi connectivity index (χ1n) is 8.38. The number of thiophene rings is 1. The zero-order chi connectivity index (χ0) is 16.4. The van der Waals surface area contributed by atoms with Crippen LogP contribution in [0, 0.1) is 12.8 Å². The number of ether oxygens (including phenoxy) is 1. The molecule has 0 radical (unpaired) electrons. The Labute approximate surface area is 145 Å². The monoisotopic (exact) mass is 342 g/mol. The molecule has 1 nitrogen and oxygen atoms in total. The predicted octanol–water partition coefficient (Wildman–Crippen LogP) is 5.31. The number of hydrogen-bond donors (Lipinski definition) is 0. The summed E-state index contributed by atoms with van der Waals surface area (Å²) in [5, 5.41) is 0. The topological polar surface area (TPSA) is 9.23 Å². The van der Waals surface area contributed by atoms with E-state index in [0.717, 1.165) is 13.0 Å². The summed E-state index contributed by atoms with van der Waals surface area (Å²) in [7, 11) is -1.55. The van der Waals surface area contributed by atoms with Gasteiger partial charge in [-0.15, -0.1) is 6.58 Å². The standard InChI is InChI=1S/C20H26OSSi/c1-5-9-17-18(23(3,4)19-13-12-15(2)22-19)14-21-20(17)16-10-7-6-8-11-16/h5-8,10-13,17-18,20H,1,9,14H2,2-4H3/t17-,18+,20+/m1/s1. The van der Waals surface area contributed by atoms with E-state index in [1.807, 2.05) is 11.3 Å². The van der Waals surface area contributed by atoms with Crippen molar-refractivity contribution in [3.63, 3.8) is 0 Å². The lowest BCUT2D eigenvalue weighted by Crippen LogP contribution is -2.47. The maximum Gasteiger partial charge on any atom is 0.0991 e. The molecular formula is C20H26OSSi. The van der Waals surface area contributed by atoms with Crippen molar-refractivity contribution in [2.75, 3.05) is 6.61 Å². The van der Waals surface area contributed by atoms with Gasteiger partial charge in [-0.3, -0.25) is 0 Å². The molecule has 0 saturated carbocycles. The number of benzene rings is 1. The minimum Gasteiger partial charge on any atom is -0.373 e. The van der Waals surface area contributed by atoms with Gasteiger partial charge in [-0.2, -0.15) is 11.3 Å². The van der Waals surface area contributed by atoms with Crippen molar-refractivity contribution in [2.45, 2.75) is 38.1 Å². The molecule has 0 aliphatic carbocycles. The summed E-state index contributed by atoms with van der Waals surface area (Å²) in [6.07, 6.45) is 3.32. The minimum atomic E-state index is -1.55. The zero-order valence-corrected chi connectivity index (χ0v) is 16.1. The Morgan fingerprint density at radius 1 is 1.22 bits per heavy atom. The van der Waals surface area contributed by atoms with Crippen molar-refractivity contribution in [3.8, 4) is 0 Å². The van der Waals surface area contributed by atoms with Gasteiger partial charge in [0.1, 0.15) is 0 Å². The van der Waals surface area contributed by atoms with Crippen molar-refractivity contribution >= 4 is 23.9 Å². The first kappa shape index (κ1) is 16.7. The van der Waals surface area contributed by atoms with Crippen LogP contribution in [0.1, 0.15) is 23.0 Å². The molecular weight excluding hydrogens is 316 g/mol. The third kappa shape index (κ3) is 3.23. The van der Waals surface area contributed by atoms with E-state index >= 15 is 0 Å². The van der Waals surface area contributed by atoms with Gasteiger partial charge in [-0.05, 0) is 40.9 Å². The molecule has 1 fully saturated rings. The summed E-state index contributed by atoms with van der Waals surface area (Å²) in [5.41, 5.74) is 1.96. The van der Waals surface area contributed by atoms with Crippen LogP contribution in [-0.2, 0) is 4.74 Å². The summed E-state index contributed by atoms with van der Waals surface area (Å²) >= 11 is 1.98. The Morgan fingerprint density at radius 2 is 1.96 bits per heavy atom. The van der Waals surface area contributed by atoms with Crippen LogP contribution < -0.4 is 4.50 Å². The quantitative estimate of drug-likeness (QED) is 0.529. The Kier molecular flexibility index (Phi) is 4.90. The van der Waals surface area contributed by atoms with Crippen LogP contribution in [-0.4, -0.2) is 14.7 Å². The van der Waals surface area contributed by atoms with E-state index in [4.69, 9.17) is 4.74 Å². The molecule has 0 unspecified atom stereocenters. The summed E-state index contributed by atoms with van der Waals surface area (Å²) in [6, 6.07) is 15.3. The molecule has 23 heavy (non-hydrogen) atoms. The lowest BCUT2D eigenvalue weighted by atomic mass is 9.92. The first-order chi connectivity index (χ1) is 11.0. The molecule has 2 aromatic rings.